The van der Waals surface area contributed by atoms with Gasteiger partial charge in [-0.2, -0.15) is 11.8 Å². The Kier molecular flexibility index (Phi) is 10.4. The van der Waals surface area contributed by atoms with Gasteiger partial charge in [0.1, 0.15) is 6.04 Å². The van der Waals surface area contributed by atoms with Gasteiger partial charge in [-0.1, -0.05) is 61.9 Å². The lowest BCUT2D eigenvalue weighted by Gasteiger charge is -2.19. The summed E-state index contributed by atoms with van der Waals surface area (Å²) in [5, 5.41) is 6.48. The highest BCUT2D eigenvalue weighted by atomic mass is 32.2. The van der Waals surface area contributed by atoms with Crippen LogP contribution >= 0.6 is 11.8 Å². The molecule has 6 heteroatoms. The van der Waals surface area contributed by atoms with E-state index in [9.17, 15) is 9.59 Å². The lowest BCUT2D eigenvalue weighted by atomic mass is 9.93. The topological polar surface area (TPSA) is 67.4 Å². The van der Waals surface area contributed by atoms with Gasteiger partial charge in [-0.05, 0) is 77.8 Å². The van der Waals surface area contributed by atoms with Crippen LogP contribution in [0.5, 0.6) is 0 Å². The Morgan fingerprint density at radius 2 is 1.75 bits per heavy atom. The van der Waals surface area contributed by atoms with Crippen molar-refractivity contribution in [3.05, 3.63) is 89.0 Å². The van der Waals surface area contributed by atoms with Crippen molar-refractivity contribution in [3.8, 4) is 11.1 Å². The lowest BCUT2D eigenvalue weighted by molar-refractivity contribution is -0.142. The average molecular weight is 505 g/mol. The number of carbonyl (C=O) groups excluding carboxylic acids is 2. The molecule has 0 aliphatic carbocycles. The minimum absolute atomic E-state index is 0.280. The molecule has 0 aliphatic rings. The van der Waals surface area contributed by atoms with E-state index in [1.54, 1.807) is 11.8 Å². The summed E-state index contributed by atoms with van der Waals surface area (Å²) in [6.45, 7) is 4.86. The summed E-state index contributed by atoms with van der Waals surface area (Å²) >= 11 is 1.63. The molecule has 0 bridgehead atoms. The third-order valence-electron chi connectivity index (χ3n) is 6.19. The van der Waals surface area contributed by atoms with Crippen molar-refractivity contribution in [2.45, 2.75) is 45.7 Å². The van der Waals surface area contributed by atoms with E-state index in [0.717, 1.165) is 46.5 Å². The number of aryl methyl sites for hydroxylation is 2. The number of nitrogens with one attached hydrogen (secondary N) is 2. The predicted octanol–water partition coefficient (Wildman–Crippen LogP) is 6.25. The van der Waals surface area contributed by atoms with Crippen LogP contribution in [-0.4, -0.2) is 37.0 Å². The van der Waals surface area contributed by atoms with Gasteiger partial charge in [0.2, 0.25) is 0 Å². The molecule has 0 saturated carbocycles. The van der Waals surface area contributed by atoms with Crippen molar-refractivity contribution in [3.63, 3.8) is 0 Å². The van der Waals surface area contributed by atoms with Crippen molar-refractivity contribution in [1.82, 2.24) is 5.32 Å². The lowest BCUT2D eigenvalue weighted by Crippen LogP contribution is -2.42. The monoisotopic (exact) mass is 504 g/mol. The molecule has 1 atom stereocenters. The zero-order valence-electron chi connectivity index (χ0n) is 21.6. The second kappa shape index (κ2) is 13.7. The number of methoxy groups -OCH3 is 1. The Morgan fingerprint density at radius 1 is 1.00 bits per heavy atom. The van der Waals surface area contributed by atoms with Gasteiger partial charge in [-0.15, -0.1) is 0 Å². The van der Waals surface area contributed by atoms with E-state index in [-0.39, 0.29) is 5.91 Å². The van der Waals surface area contributed by atoms with E-state index in [2.05, 4.69) is 41.8 Å². The molecule has 0 radical (unpaired) electrons. The first-order valence-electron chi connectivity index (χ1n) is 12.4. The summed E-state index contributed by atoms with van der Waals surface area (Å²) in [7, 11) is 1.35. The zero-order valence-corrected chi connectivity index (χ0v) is 22.4. The maximum absolute atomic E-state index is 13.4. The van der Waals surface area contributed by atoms with Crippen LogP contribution in [0.2, 0.25) is 0 Å². The number of para-hydroxylation sites is 1. The number of esters is 1. The van der Waals surface area contributed by atoms with Crippen LogP contribution in [0.4, 0.5) is 5.69 Å². The minimum atomic E-state index is -0.684. The molecule has 5 nitrogen and oxygen atoms in total. The average Bonchev–Trinajstić information content (AvgIpc) is 2.90. The molecule has 3 aromatic carbocycles. The molecule has 1 amide bonds. The Hall–Kier alpha value is -3.25. The van der Waals surface area contributed by atoms with E-state index in [4.69, 9.17) is 4.74 Å². The summed E-state index contributed by atoms with van der Waals surface area (Å²) in [6, 6.07) is 21.6. The molecule has 0 fully saturated rings. The molecule has 0 aliphatic heterocycles. The van der Waals surface area contributed by atoms with Gasteiger partial charge < -0.3 is 15.4 Å². The van der Waals surface area contributed by atoms with Crippen LogP contribution in [0.1, 0.15) is 46.8 Å². The maximum Gasteiger partial charge on any atom is 0.328 e. The summed E-state index contributed by atoms with van der Waals surface area (Å²) in [5.74, 6) is 0.0356. The molecule has 1 unspecified atom stereocenters. The number of ether oxygens (including phenoxy) is 1. The molecule has 190 valence electrons. The number of amides is 1. The number of rotatable bonds is 12. The third kappa shape index (κ3) is 7.14. The summed E-state index contributed by atoms with van der Waals surface area (Å²) in [6.07, 6.45) is 4.59. The van der Waals surface area contributed by atoms with Gasteiger partial charge >= 0.3 is 5.97 Å². The summed E-state index contributed by atoms with van der Waals surface area (Å²) < 4.78 is 4.93. The zero-order chi connectivity index (χ0) is 25.9. The van der Waals surface area contributed by atoms with Gasteiger partial charge in [0.25, 0.3) is 5.91 Å². The summed E-state index contributed by atoms with van der Waals surface area (Å²) in [4.78, 5) is 25.7. The third-order valence-corrected chi connectivity index (χ3v) is 6.83. The van der Waals surface area contributed by atoms with E-state index < -0.39 is 12.0 Å². The van der Waals surface area contributed by atoms with Gasteiger partial charge in [0, 0.05) is 17.8 Å². The van der Waals surface area contributed by atoms with Crippen LogP contribution in [0.25, 0.3) is 11.1 Å². The quantitative estimate of drug-likeness (QED) is 0.285. The molecule has 3 rings (SSSR count). The second-order valence-electron chi connectivity index (χ2n) is 8.79. The van der Waals surface area contributed by atoms with Crippen LogP contribution in [0, 0.1) is 6.92 Å². The smallest absolute Gasteiger partial charge is 0.328 e. The van der Waals surface area contributed by atoms with Crippen molar-refractivity contribution in [1.29, 1.82) is 0 Å². The predicted molar refractivity (Wildman–Crippen MR) is 151 cm³/mol. The van der Waals surface area contributed by atoms with Crippen molar-refractivity contribution >= 4 is 29.3 Å². The number of carbonyl (C=O) groups is 2. The molecule has 0 heterocycles. The highest BCUT2D eigenvalue weighted by molar-refractivity contribution is 7.98. The van der Waals surface area contributed by atoms with E-state index in [0.29, 0.717) is 18.5 Å². The van der Waals surface area contributed by atoms with Crippen LogP contribution in [0.15, 0.2) is 66.7 Å². The Balaban J connectivity index is 1.92. The van der Waals surface area contributed by atoms with Crippen molar-refractivity contribution in [2.75, 3.05) is 24.4 Å². The first-order chi connectivity index (χ1) is 17.5. The fraction of sp³-hybridized carbons (Fsp3) is 0.333. The van der Waals surface area contributed by atoms with E-state index >= 15 is 0 Å². The highest BCUT2D eigenvalue weighted by Crippen LogP contribution is 2.29. The number of hydrogen-bond donors (Lipinski definition) is 2. The number of benzene rings is 3. The van der Waals surface area contributed by atoms with Gasteiger partial charge in [-0.25, -0.2) is 4.79 Å². The molecule has 0 saturated heterocycles. The molecular weight excluding hydrogens is 468 g/mol. The number of anilines is 1. The number of thioether (sulfide) groups is 1. The minimum Gasteiger partial charge on any atom is -0.467 e. The van der Waals surface area contributed by atoms with Gasteiger partial charge in [0.15, 0.2) is 0 Å². The largest absolute Gasteiger partial charge is 0.467 e. The molecule has 2 N–H and O–H groups in total. The second-order valence-corrected chi connectivity index (χ2v) is 9.77. The molecule has 36 heavy (non-hydrogen) atoms. The van der Waals surface area contributed by atoms with Crippen LogP contribution < -0.4 is 10.6 Å². The highest BCUT2D eigenvalue weighted by Gasteiger charge is 2.23. The van der Waals surface area contributed by atoms with Crippen LogP contribution in [0.3, 0.4) is 0 Å². The maximum atomic E-state index is 13.4. The van der Waals surface area contributed by atoms with Gasteiger partial charge in [0.05, 0.1) is 7.11 Å². The van der Waals surface area contributed by atoms with Crippen molar-refractivity contribution in [2.24, 2.45) is 0 Å². The fourth-order valence-electron chi connectivity index (χ4n) is 4.24. The van der Waals surface area contributed by atoms with E-state index in [1.807, 2.05) is 55.6 Å². The standard InChI is InChI=1S/C30H36N2O3S/c1-5-10-23-12-7-9-14-27(23)31-20-22-15-16-25(26(19-22)24-13-8-6-11-21(24)2)29(33)32-28(17-18-36-4)30(34)35-3/h6-9,11-16,19,28,31H,5,10,17-18,20H2,1-4H3,(H,32,33). The van der Waals surface area contributed by atoms with Crippen LogP contribution in [-0.2, 0) is 22.5 Å². The Morgan fingerprint density at radius 3 is 2.47 bits per heavy atom. The Bertz CT molecular complexity index is 1180. The molecule has 0 aromatic heterocycles. The van der Waals surface area contributed by atoms with Gasteiger partial charge in [-0.3, -0.25) is 4.79 Å². The SMILES string of the molecule is CCCc1ccccc1NCc1ccc(C(=O)NC(CCSC)C(=O)OC)c(-c2ccccc2C)c1. The molecule has 0 spiro atoms. The molecular formula is C30H36N2O3S. The number of hydrogen-bond acceptors (Lipinski definition) is 5. The Labute approximate surface area is 219 Å². The first-order valence-corrected chi connectivity index (χ1v) is 13.8. The first kappa shape index (κ1) is 27.3. The normalized spacial score (nSPS) is 11.6. The van der Waals surface area contributed by atoms with E-state index in [1.165, 1.54) is 12.7 Å². The summed E-state index contributed by atoms with van der Waals surface area (Å²) in [5.41, 5.74) is 6.97. The fourth-order valence-corrected chi connectivity index (χ4v) is 4.71. The molecule has 3 aromatic rings. The van der Waals surface area contributed by atoms with Crippen molar-refractivity contribution < 1.29 is 14.3 Å².